The van der Waals surface area contributed by atoms with Crippen LogP contribution in [0.3, 0.4) is 0 Å². The van der Waals surface area contributed by atoms with Crippen LogP contribution in [0.25, 0.3) is 10.2 Å². The van der Waals surface area contributed by atoms with E-state index in [1.54, 1.807) is 14.0 Å². The number of nitrogens with zero attached hydrogens (tertiary/aromatic N) is 4. The summed E-state index contributed by atoms with van der Waals surface area (Å²) in [6.45, 7) is 1.55. The average Bonchev–Trinajstić information content (AvgIpc) is 3.21. The van der Waals surface area contributed by atoms with Crippen molar-refractivity contribution in [3.05, 3.63) is 17.8 Å². The molecule has 2 aromatic rings. The lowest BCUT2D eigenvalue weighted by Crippen LogP contribution is -2.53. The summed E-state index contributed by atoms with van der Waals surface area (Å²) in [5.41, 5.74) is -0.795. The van der Waals surface area contributed by atoms with Gasteiger partial charge in [0.2, 0.25) is 0 Å². The number of esters is 1. The Kier molecular flexibility index (Phi) is 6.52. The summed E-state index contributed by atoms with van der Waals surface area (Å²) in [6.07, 6.45) is 4.78. The predicted molar refractivity (Wildman–Crippen MR) is 108 cm³/mol. The quantitative estimate of drug-likeness (QED) is 0.403. The fourth-order valence-corrected chi connectivity index (χ4v) is 5.00. The predicted octanol–water partition coefficient (Wildman–Crippen LogP) is 3.40. The molecule has 0 radical (unpaired) electrons. The number of hydrogen-bond donors (Lipinski definition) is 0. The number of aromatic nitrogens is 2. The first-order chi connectivity index (χ1) is 13.5. The van der Waals surface area contributed by atoms with Crippen molar-refractivity contribution in [1.82, 2.24) is 14.9 Å². The van der Waals surface area contributed by atoms with Crippen molar-refractivity contribution in [1.29, 1.82) is 5.26 Å². The summed E-state index contributed by atoms with van der Waals surface area (Å²) in [7, 11) is 1.63. The Morgan fingerprint density at radius 1 is 1.39 bits per heavy atom. The number of carbonyl (C=O) groups excluding carboxylic acids is 2. The van der Waals surface area contributed by atoms with Crippen molar-refractivity contribution in [3.8, 4) is 6.07 Å². The Balaban J connectivity index is 1.57. The molecule has 2 heterocycles. The zero-order valence-electron chi connectivity index (χ0n) is 15.9. The molecule has 0 N–H and O–H groups in total. The number of carbonyl (C=O) groups is 2. The third-order valence-electron chi connectivity index (χ3n) is 5.07. The van der Waals surface area contributed by atoms with Crippen LogP contribution in [-0.4, -0.2) is 51.2 Å². The summed E-state index contributed by atoms with van der Waals surface area (Å²) in [5.74, 6) is -0.785. The Hall–Kier alpha value is -2.18. The highest BCUT2D eigenvalue weighted by molar-refractivity contribution is 8.00. The molecule has 1 atom stereocenters. The maximum atomic E-state index is 12.7. The average molecular weight is 419 g/mol. The number of hydrogen-bond acceptors (Lipinski definition) is 8. The molecule has 3 rings (SSSR count). The third kappa shape index (κ3) is 4.28. The van der Waals surface area contributed by atoms with E-state index in [2.05, 4.69) is 16.0 Å². The molecule has 0 aromatic carbocycles. The molecule has 1 fully saturated rings. The maximum absolute atomic E-state index is 12.7. The van der Waals surface area contributed by atoms with Crippen LogP contribution in [0.15, 0.2) is 22.8 Å². The topological polar surface area (TPSA) is 96.2 Å². The molecule has 0 spiro atoms. The van der Waals surface area contributed by atoms with Gasteiger partial charge in [0.05, 0.1) is 11.8 Å². The van der Waals surface area contributed by atoms with Crippen LogP contribution in [0.4, 0.5) is 0 Å². The summed E-state index contributed by atoms with van der Waals surface area (Å²) in [5, 5.41) is 13.2. The molecule has 0 aliphatic heterocycles. The van der Waals surface area contributed by atoms with Gasteiger partial charge in [-0.25, -0.2) is 9.97 Å². The van der Waals surface area contributed by atoms with E-state index in [0.29, 0.717) is 17.9 Å². The highest BCUT2D eigenvalue weighted by Crippen LogP contribution is 2.33. The molecule has 148 valence electrons. The number of thioether (sulfide) groups is 1. The fourth-order valence-electron chi connectivity index (χ4n) is 3.43. The van der Waals surface area contributed by atoms with Gasteiger partial charge >= 0.3 is 5.97 Å². The number of likely N-dealkylation sites (N-methyl/N-ethyl adjacent to an activating group) is 1. The smallest absolute Gasteiger partial charge is 0.317 e. The van der Waals surface area contributed by atoms with Crippen molar-refractivity contribution >= 4 is 45.2 Å². The molecule has 1 aliphatic carbocycles. The Morgan fingerprint density at radius 3 is 2.86 bits per heavy atom. The summed E-state index contributed by atoms with van der Waals surface area (Å²) in [4.78, 5) is 35.7. The first-order valence-electron chi connectivity index (χ1n) is 9.16. The second-order valence-electron chi connectivity index (χ2n) is 6.84. The van der Waals surface area contributed by atoms with Gasteiger partial charge in [0.15, 0.2) is 6.10 Å². The molecule has 1 saturated carbocycles. The highest BCUT2D eigenvalue weighted by atomic mass is 32.2. The van der Waals surface area contributed by atoms with Crippen LogP contribution >= 0.6 is 23.1 Å². The molecule has 9 heteroatoms. The number of rotatable bonds is 6. The van der Waals surface area contributed by atoms with Gasteiger partial charge in [-0.05, 0) is 31.2 Å². The summed E-state index contributed by atoms with van der Waals surface area (Å²) in [6, 6.07) is 4.23. The van der Waals surface area contributed by atoms with Crippen molar-refractivity contribution < 1.29 is 14.3 Å². The van der Waals surface area contributed by atoms with E-state index < -0.39 is 17.6 Å². The van der Waals surface area contributed by atoms with E-state index >= 15 is 0 Å². The van der Waals surface area contributed by atoms with Crippen LogP contribution in [0, 0.1) is 11.3 Å². The SMILES string of the molecule is C[C@H](OC(=O)CSc1ncnc2sccc12)C(=O)N(C)C1(C#N)CCCCC1. The number of ether oxygens (including phenoxy) is 1. The Bertz CT molecular complexity index is 902. The minimum atomic E-state index is -0.934. The minimum Gasteiger partial charge on any atom is -0.452 e. The molecular formula is C19H22N4O3S2. The normalized spacial score (nSPS) is 16.9. The van der Waals surface area contributed by atoms with Gasteiger partial charge in [-0.2, -0.15) is 5.26 Å². The van der Waals surface area contributed by atoms with Gasteiger partial charge in [-0.1, -0.05) is 31.0 Å². The lowest BCUT2D eigenvalue weighted by molar-refractivity contribution is -0.159. The van der Waals surface area contributed by atoms with Crippen molar-refractivity contribution in [2.45, 2.75) is 55.7 Å². The van der Waals surface area contributed by atoms with Gasteiger partial charge < -0.3 is 9.64 Å². The first kappa shape index (κ1) is 20.6. The van der Waals surface area contributed by atoms with Gasteiger partial charge in [0.25, 0.3) is 5.91 Å². The van der Waals surface area contributed by atoms with Crippen LogP contribution in [0.5, 0.6) is 0 Å². The lowest BCUT2D eigenvalue weighted by atomic mass is 9.81. The zero-order valence-corrected chi connectivity index (χ0v) is 17.5. The van der Waals surface area contributed by atoms with E-state index in [4.69, 9.17) is 4.74 Å². The summed E-state index contributed by atoms with van der Waals surface area (Å²) < 4.78 is 5.33. The van der Waals surface area contributed by atoms with Crippen LogP contribution < -0.4 is 0 Å². The molecule has 0 saturated heterocycles. The fraction of sp³-hybridized carbons (Fsp3) is 0.526. The molecule has 1 aliphatic rings. The minimum absolute atomic E-state index is 0.0483. The second kappa shape index (κ2) is 8.88. The second-order valence-corrected chi connectivity index (χ2v) is 8.70. The Labute approximate surface area is 172 Å². The molecule has 2 aromatic heterocycles. The third-order valence-corrected chi connectivity index (χ3v) is 6.87. The van der Waals surface area contributed by atoms with E-state index in [9.17, 15) is 14.9 Å². The number of thiophene rings is 1. The first-order valence-corrected chi connectivity index (χ1v) is 11.0. The highest BCUT2D eigenvalue weighted by Gasteiger charge is 2.40. The van der Waals surface area contributed by atoms with Gasteiger partial charge in [-0.3, -0.25) is 9.59 Å². The monoisotopic (exact) mass is 418 g/mol. The molecule has 1 amide bonds. The number of fused-ring (bicyclic) bond motifs is 1. The van der Waals surface area contributed by atoms with Crippen LogP contribution in [-0.2, 0) is 14.3 Å². The molecular weight excluding hydrogens is 396 g/mol. The van der Waals surface area contributed by atoms with Crippen molar-refractivity contribution in [3.63, 3.8) is 0 Å². The van der Waals surface area contributed by atoms with E-state index in [-0.39, 0.29) is 11.7 Å². The molecule has 0 bridgehead atoms. The van der Waals surface area contributed by atoms with Gasteiger partial charge in [0.1, 0.15) is 21.7 Å². The number of nitriles is 1. The van der Waals surface area contributed by atoms with E-state index in [1.165, 1.54) is 34.3 Å². The van der Waals surface area contributed by atoms with E-state index in [1.807, 2.05) is 11.4 Å². The molecule has 0 unspecified atom stereocenters. The number of amides is 1. The lowest BCUT2D eigenvalue weighted by Gasteiger charge is -2.39. The summed E-state index contributed by atoms with van der Waals surface area (Å²) >= 11 is 2.77. The molecule has 7 nitrogen and oxygen atoms in total. The zero-order chi connectivity index (χ0) is 20.1. The Morgan fingerprint density at radius 2 is 2.14 bits per heavy atom. The maximum Gasteiger partial charge on any atom is 0.317 e. The van der Waals surface area contributed by atoms with Gasteiger partial charge in [0, 0.05) is 12.4 Å². The largest absolute Gasteiger partial charge is 0.452 e. The van der Waals surface area contributed by atoms with Crippen molar-refractivity contribution in [2.75, 3.05) is 12.8 Å². The standard InChI is InChI=1S/C19H22N4O3S2/c1-13(18(25)23(2)19(11-20)7-4-3-5-8-19)26-15(24)10-28-17-14-6-9-27-16(14)21-12-22-17/h6,9,12-13H,3-5,7-8,10H2,1-2H3/t13-/m0/s1. The van der Waals surface area contributed by atoms with Crippen LogP contribution in [0.1, 0.15) is 39.0 Å². The van der Waals surface area contributed by atoms with Crippen LogP contribution in [0.2, 0.25) is 0 Å². The van der Waals surface area contributed by atoms with Gasteiger partial charge in [-0.15, -0.1) is 11.3 Å². The molecule has 28 heavy (non-hydrogen) atoms. The van der Waals surface area contributed by atoms with E-state index in [0.717, 1.165) is 29.5 Å². The van der Waals surface area contributed by atoms with Crippen molar-refractivity contribution in [2.24, 2.45) is 0 Å².